The van der Waals surface area contributed by atoms with Gasteiger partial charge >= 0.3 is 12.2 Å². The molecular weight excluding hydrogens is 344 g/mol. The lowest BCUT2D eigenvalue weighted by atomic mass is 10.5. The van der Waals surface area contributed by atoms with E-state index >= 15 is 0 Å². The van der Waals surface area contributed by atoms with Gasteiger partial charge in [-0.3, -0.25) is 9.63 Å². The molecule has 132 valence electrons. The molecule has 0 aromatic heterocycles. The lowest BCUT2D eigenvalue weighted by Crippen LogP contribution is -2.31. The lowest BCUT2D eigenvalue weighted by Gasteiger charge is -2.21. The van der Waals surface area contributed by atoms with Crippen LogP contribution in [-0.4, -0.2) is 77.2 Å². The van der Waals surface area contributed by atoms with Crippen LogP contribution >= 0.6 is 23.9 Å². The Labute approximate surface area is 144 Å². The molecule has 23 heavy (non-hydrogen) atoms. The smallest absolute Gasteiger partial charge is 0.446 e. The molecule has 9 nitrogen and oxygen atoms in total. The first-order chi connectivity index (χ1) is 10.6. The SMILES string of the molecule is CS/C(=N\OC(=O)N(C)SN(C)C(=O)OC(C)C)C(=O)N(C)C. The Morgan fingerprint density at radius 3 is 1.96 bits per heavy atom. The number of oxime groups is 1. The molecule has 0 N–H and O–H groups in total. The van der Waals surface area contributed by atoms with Gasteiger partial charge in [0.15, 0.2) is 0 Å². The molecule has 0 atom stereocenters. The van der Waals surface area contributed by atoms with Crippen LogP contribution < -0.4 is 0 Å². The van der Waals surface area contributed by atoms with Crippen molar-refractivity contribution in [3.8, 4) is 0 Å². The van der Waals surface area contributed by atoms with E-state index in [1.54, 1.807) is 34.2 Å². The molecule has 0 fully saturated rings. The molecule has 0 unspecified atom stereocenters. The van der Waals surface area contributed by atoms with Gasteiger partial charge in [-0.05, 0) is 20.1 Å². The largest absolute Gasteiger partial charge is 0.447 e. The van der Waals surface area contributed by atoms with Crippen molar-refractivity contribution in [3.05, 3.63) is 0 Å². The second-order valence-corrected chi connectivity index (χ2v) is 6.72. The highest BCUT2D eigenvalue weighted by Gasteiger charge is 2.21. The van der Waals surface area contributed by atoms with E-state index in [0.717, 1.165) is 32.5 Å². The minimum atomic E-state index is -0.836. The molecule has 0 aliphatic carbocycles. The Hall–Kier alpha value is -1.62. The van der Waals surface area contributed by atoms with Crippen LogP contribution in [0.15, 0.2) is 5.16 Å². The average Bonchev–Trinajstić information content (AvgIpc) is 2.46. The number of hydrogen-bond acceptors (Lipinski definition) is 8. The molecule has 11 heteroatoms. The zero-order valence-corrected chi connectivity index (χ0v) is 15.9. The van der Waals surface area contributed by atoms with Crippen molar-refractivity contribution in [1.82, 2.24) is 13.5 Å². The molecule has 0 radical (unpaired) electrons. The fourth-order valence-corrected chi connectivity index (χ4v) is 2.07. The van der Waals surface area contributed by atoms with Gasteiger partial charge in [-0.25, -0.2) is 18.2 Å². The number of hydrogen-bond donors (Lipinski definition) is 0. The number of nitrogens with zero attached hydrogens (tertiary/aromatic N) is 4. The molecule has 0 saturated carbocycles. The summed E-state index contributed by atoms with van der Waals surface area (Å²) in [5.41, 5.74) is 0. The summed E-state index contributed by atoms with van der Waals surface area (Å²) >= 11 is 1.84. The second-order valence-electron chi connectivity index (χ2n) is 4.67. The van der Waals surface area contributed by atoms with E-state index in [1.165, 1.54) is 19.0 Å². The van der Waals surface area contributed by atoms with Crippen LogP contribution in [0.1, 0.15) is 13.8 Å². The van der Waals surface area contributed by atoms with Crippen LogP contribution in [0.2, 0.25) is 0 Å². The van der Waals surface area contributed by atoms with Crippen molar-refractivity contribution in [2.24, 2.45) is 5.16 Å². The number of carbonyl (C=O) groups excluding carboxylic acids is 3. The molecule has 0 aromatic carbocycles. The molecule has 0 spiro atoms. The second kappa shape index (κ2) is 10.2. The van der Waals surface area contributed by atoms with E-state index < -0.39 is 12.2 Å². The molecular formula is C12H22N4O5S2. The zero-order chi connectivity index (χ0) is 18.2. The fraction of sp³-hybridized carbons (Fsp3) is 0.667. The standard InChI is InChI=1S/C12H22N4O5S2/c1-8(2)20-11(18)15(5)23-16(6)12(19)21-13-9(22-7)10(17)14(3)4/h8H,1-7H3/b13-9-. The van der Waals surface area contributed by atoms with Crippen molar-refractivity contribution >= 4 is 47.0 Å². The molecule has 3 amide bonds. The number of carbonyl (C=O) groups is 3. The van der Waals surface area contributed by atoms with Gasteiger partial charge in [0.1, 0.15) is 0 Å². The zero-order valence-electron chi connectivity index (χ0n) is 14.2. The van der Waals surface area contributed by atoms with Gasteiger partial charge in [0.05, 0.1) is 18.2 Å². The molecule has 0 bridgehead atoms. The molecule has 0 aromatic rings. The summed E-state index contributed by atoms with van der Waals surface area (Å²) in [6.07, 6.45) is -0.0611. The van der Waals surface area contributed by atoms with E-state index in [2.05, 4.69) is 5.16 Å². The van der Waals surface area contributed by atoms with E-state index in [1.807, 2.05) is 0 Å². The monoisotopic (exact) mass is 366 g/mol. The van der Waals surface area contributed by atoms with E-state index in [4.69, 9.17) is 9.57 Å². The maximum atomic E-state index is 11.8. The van der Waals surface area contributed by atoms with Gasteiger partial charge in [0.2, 0.25) is 5.04 Å². The van der Waals surface area contributed by atoms with Crippen molar-refractivity contribution in [2.45, 2.75) is 20.0 Å². The molecule has 0 aliphatic heterocycles. The van der Waals surface area contributed by atoms with Crippen molar-refractivity contribution in [3.63, 3.8) is 0 Å². The number of thioether (sulfide) groups is 1. The number of rotatable bonds is 4. The highest BCUT2D eigenvalue weighted by molar-refractivity contribution is 8.15. The predicted octanol–water partition coefficient (Wildman–Crippen LogP) is 1.86. The summed E-state index contributed by atoms with van der Waals surface area (Å²) in [5.74, 6) is -0.377. The minimum Gasteiger partial charge on any atom is -0.446 e. The Bertz CT molecular complexity index is 470. The highest BCUT2D eigenvalue weighted by Crippen LogP contribution is 2.15. The van der Waals surface area contributed by atoms with Gasteiger partial charge in [0.25, 0.3) is 5.91 Å². The van der Waals surface area contributed by atoms with E-state index in [-0.39, 0.29) is 17.1 Å². The fourth-order valence-electron chi connectivity index (χ4n) is 1.02. The van der Waals surface area contributed by atoms with Gasteiger partial charge in [-0.1, -0.05) is 5.16 Å². The highest BCUT2D eigenvalue weighted by atomic mass is 32.2. The number of ether oxygens (including phenoxy) is 1. The Morgan fingerprint density at radius 1 is 1.00 bits per heavy atom. The van der Waals surface area contributed by atoms with Gasteiger partial charge in [0, 0.05) is 28.2 Å². The van der Waals surface area contributed by atoms with Crippen LogP contribution in [0.4, 0.5) is 9.59 Å². The van der Waals surface area contributed by atoms with Gasteiger partial charge < -0.3 is 9.64 Å². The normalized spacial score (nSPS) is 11.0. The maximum absolute atomic E-state index is 11.8. The molecule has 0 saturated heterocycles. The van der Waals surface area contributed by atoms with Crippen molar-refractivity contribution < 1.29 is 24.0 Å². The maximum Gasteiger partial charge on any atom is 0.447 e. The third kappa shape index (κ3) is 7.98. The van der Waals surface area contributed by atoms with Gasteiger partial charge in [-0.2, -0.15) is 0 Å². The van der Waals surface area contributed by atoms with Crippen molar-refractivity contribution in [1.29, 1.82) is 0 Å². The Kier molecular flexibility index (Phi) is 9.49. The summed E-state index contributed by atoms with van der Waals surface area (Å²) in [7, 11) is 5.97. The van der Waals surface area contributed by atoms with E-state index in [9.17, 15) is 14.4 Å². The van der Waals surface area contributed by atoms with Crippen LogP contribution in [-0.2, 0) is 14.4 Å². The van der Waals surface area contributed by atoms with Crippen LogP contribution in [0, 0.1) is 0 Å². The minimum absolute atomic E-state index is 0.0364. The summed E-state index contributed by atoms with van der Waals surface area (Å²) in [5, 5.41) is 3.57. The first kappa shape index (κ1) is 21.4. The van der Waals surface area contributed by atoms with Crippen LogP contribution in [0.25, 0.3) is 0 Å². The molecule has 0 rings (SSSR count). The third-order valence-corrected chi connectivity index (χ3v) is 3.51. The lowest BCUT2D eigenvalue weighted by molar-refractivity contribution is -0.121. The summed E-state index contributed by atoms with van der Waals surface area (Å²) in [6.45, 7) is 3.43. The Balaban J connectivity index is 4.61. The van der Waals surface area contributed by atoms with Gasteiger partial charge in [-0.15, -0.1) is 11.8 Å². The number of amides is 3. The van der Waals surface area contributed by atoms with Crippen LogP contribution in [0.5, 0.6) is 0 Å². The summed E-state index contributed by atoms with van der Waals surface area (Å²) < 4.78 is 7.15. The quantitative estimate of drug-likeness (QED) is 0.246. The van der Waals surface area contributed by atoms with E-state index in [0.29, 0.717) is 0 Å². The third-order valence-electron chi connectivity index (χ3n) is 2.08. The average molecular weight is 366 g/mol. The van der Waals surface area contributed by atoms with Crippen molar-refractivity contribution in [2.75, 3.05) is 34.4 Å². The summed E-state index contributed by atoms with van der Waals surface area (Å²) in [4.78, 5) is 41.1. The molecule has 0 aliphatic rings. The molecule has 0 heterocycles. The summed E-state index contributed by atoms with van der Waals surface area (Å²) in [6, 6.07) is 0. The van der Waals surface area contributed by atoms with Crippen LogP contribution in [0.3, 0.4) is 0 Å². The Morgan fingerprint density at radius 2 is 1.52 bits per heavy atom. The predicted molar refractivity (Wildman–Crippen MR) is 90.9 cm³/mol. The first-order valence-corrected chi connectivity index (χ1v) is 8.46. The topological polar surface area (TPSA) is 91.7 Å². The first-order valence-electron chi connectivity index (χ1n) is 6.50.